The van der Waals surface area contributed by atoms with E-state index in [1.807, 2.05) is 32.0 Å². The number of rotatable bonds is 4. The quantitative estimate of drug-likeness (QED) is 0.781. The van der Waals surface area contributed by atoms with Gasteiger partial charge in [0, 0.05) is 5.56 Å². The normalized spacial score (nSPS) is 10.3. The van der Waals surface area contributed by atoms with Gasteiger partial charge < -0.3 is 4.74 Å². The van der Waals surface area contributed by atoms with Crippen LogP contribution in [0.1, 0.15) is 21.5 Å². The van der Waals surface area contributed by atoms with Gasteiger partial charge >= 0.3 is 0 Å². The van der Waals surface area contributed by atoms with Gasteiger partial charge in [-0.3, -0.25) is 4.79 Å². The van der Waals surface area contributed by atoms with Crippen molar-refractivity contribution in [1.29, 1.82) is 0 Å². The van der Waals surface area contributed by atoms with Crippen molar-refractivity contribution in [2.75, 3.05) is 6.61 Å². The van der Waals surface area contributed by atoms with Crippen LogP contribution in [0.4, 0.5) is 4.39 Å². The lowest BCUT2D eigenvalue weighted by Crippen LogP contribution is -2.12. The molecule has 0 aliphatic rings. The smallest absolute Gasteiger partial charge is 0.200 e. The monoisotopic (exact) mass is 258 g/mol. The Morgan fingerprint density at radius 2 is 1.89 bits per heavy atom. The molecule has 0 atom stereocenters. The molecule has 0 bridgehead atoms. The van der Waals surface area contributed by atoms with E-state index in [-0.39, 0.29) is 12.4 Å². The van der Waals surface area contributed by atoms with Gasteiger partial charge in [-0.2, -0.15) is 0 Å². The molecule has 98 valence electrons. The molecule has 2 rings (SSSR count). The lowest BCUT2D eigenvalue weighted by Gasteiger charge is -2.10. The fraction of sp³-hybridized carbons (Fsp3) is 0.188. The Kier molecular flexibility index (Phi) is 3.95. The molecule has 0 heterocycles. The van der Waals surface area contributed by atoms with Crippen molar-refractivity contribution in [2.24, 2.45) is 0 Å². The third-order valence-electron chi connectivity index (χ3n) is 3.06. The summed E-state index contributed by atoms with van der Waals surface area (Å²) in [6.45, 7) is 3.83. The number of carbonyl (C=O) groups is 1. The van der Waals surface area contributed by atoms with Gasteiger partial charge in [-0.1, -0.05) is 24.3 Å². The number of halogens is 1. The molecule has 0 aliphatic carbocycles. The zero-order valence-corrected chi connectivity index (χ0v) is 10.9. The third-order valence-corrected chi connectivity index (χ3v) is 3.06. The Morgan fingerprint density at radius 1 is 1.16 bits per heavy atom. The van der Waals surface area contributed by atoms with Gasteiger partial charge in [-0.05, 0) is 43.2 Å². The average Bonchev–Trinajstić information content (AvgIpc) is 2.40. The zero-order chi connectivity index (χ0) is 13.8. The predicted octanol–water partition coefficient (Wildman–Crippen LogP) is 3.70. The lowest BCUT2D eigenvalue weighted by molar-refractivity contribution is 0.0920. The highest BCUT2D eigenvalue weighted by Gasteiger charge is 2.09. The molecule has 0 N–H and O–H groups in total. The highest BCUT2D eigenvalue weighted by Crippen LogP contribution is 2.20. The van der Waals surface area contributed by atoms with Crippen LogP contribution in [0.2, 0.25) is 0 Å². The highest BCUT2D eigenvalue weighted by atomic mass is 19.1. The summed E-state index contributed by atoms with van der Waals surface area (Å²) in [6, 6.07) is 11.3. The van der Waals surface area contributed by atoms with Crippen LogP contribution in [0.15, 0.2) is 42.5 Å². The molecule has 0 fully saturated rings. The molecule has 2 aromatic rings. The van der Waals surface area contributed by atoms with Gasteiger partial charge in [-0.25, -0.2) is 4.39 Å². The van der Waals surface area contributed by atoms with E-state index in [4.69, 9.17) is 4.74 Å². The summed E-state index contributed by atoms with van der Waals surface area (Å²) in [6.07, 6.45) is 0. The molecule has 0 spiro atoms. The molecule has 0 radical (unpaired) electrons. The van der Waals surface area contributed by atoms with Crippen LogP contribution < -0.4 is 4.74 Å². The Hall–Kier alpha value is -2.16. The molecule has 0 saturated heterocycles. The molecule has 0 saturated carbocycles. The van der Waals surface area contributed by atoms with Crippen LogP contribution in [0, 0.1) is 19.7 Å². The Bertz CT molecular complexity index is 605. The summed E-state index contributed by atoms with van der Waals surface area (Å²) < 4.78 is 18.5. The van der Waals surface area contributed by atoms with Crippen LogP contribution in [0.3, 0.4) is 0 Å². The number of aryl methyl sites for hydroxylation is 1. The maximum atomic E-state index is 13.0. The number of ketones is 1. The standard InChI is InChI=1S/C16H15FO2/c1-11-5-3-8-16(12(11)2)19-10-15(18)13-6-4-7-14(17)9-13/h3-9H,10H2,1-2H3. The van der Waals surface area contributed by atoms with E-state index >= 15 is 0 Å². The molecule has 2 nitrogen and oxygen atoms in total. The second-order valence-electron chi connectivity index (χ2n) is 4.42. The van der Waals surface area contributed by atoms with Crippen molar-refractivity contribution in [3.63, 3.8) is 0 Å². The summed E-state index contributed by atoms with van der Waals surface area (Å²) in [7, 11) is 0. The first-order chi connectivity index (χ1) is 9.08. The minimum absolute atomic E-state index is 0.0895. The Morgan fingerprint density at radius 3 is 2.63 bits per heavy atom. The van der Waals surface area contributed by atoms with Crippen molar-refractivity contribution < 1.29 is 13.9 Å². The largest absolute Gasteiger partial charge is 0.485 e. The van der Waals surface area contributed by atoms with Crippen molar-refractivity contribution >= 4 is 5.78 Å². The number of hydrogen-bond acceptors (Lipinski definition) is 2. The number of ether oxygens (including phenoxy) is 1. The maximum absolute atomic E-state index is 13.0. The second-order valence-corrected chi connectivity index (χ2v) is 4.42. The summed E-state index contributed by atoms with van der Waals surface area (Å²) in [5.74, 6) is 0.0303. The number of hydrogen-bond donors (Lipinski definition) is 0. The number of carbonyl (C=O) groups excluding carboxylic acids is 1. The molecule has 0 amide bonds. The molecule has 0 aromatic heterocycles. The van der Waals surface area contributed by atoms with Crippen LogP contribution in [-0.2, 0) is 0 Å². The minimum Gasteiger partial charge on any atom is -0.485 e. The van der Waals surface area contributed by atoms with Crippen LogP contribution in [0.5, 0.6) is 5.75 Å². The first-order valence-electron chi connectivity index (χ1n) is 6.05. The second kappa shape index (κ2) is 5.65. The average molecular weight is 258 g/mol. The number of benzene rings is 2. The van der Waals surface area contributed by atoms with E-state index in [0.717, 1.165) is 11.1 Å². The molecule has 0 unspecified atom stereocenters. The predicted molar refractivity (Wildman–Crippen MR) is 72.1 cm³/mol. The summed E-state index contributed by atoms with van der Waals surface area (Å²) in [5.41, 5.74) is 2.44. The first-order valence-corrected chi connectivity index (χ1v) is 6.05. The molecular formula is C16H15FO2. The Balaban J connectivity index is 2.07. The minimum atomic E-state index is -0.419. The molecule has 19 heavy (non-hydrogen) atoms. The SMILES string of the molecule is Cc1cccc(OCC(=O)c2cccc(F)c2)c1C. The number of Topliss-reactive ketones (excluding diaryl/α,β-unsaturated/α-hetero) is 1. The van der Waals surface area contributed by atoms with Gasteiger partial charge in [0.25, 0.3) is 0 Å². The molecule has 2 aromatic carbocycles. The van der Waals surface area contributed by atoms with Gasteiger partial charge in [0.15, 0.2) is 12.4 Å². The highest BCUT2D eigenvalue weighted by molar-refractivity contribution is 5.97. The van der Waals surface area contributed by atoms with Crippen LogP contribution in [0.25, 0.3) is 0 Å². The first kappa shape index (κ1) is 13.3. The van der Waals surface area contributed by atoms with Crippen LogP contribution >= 0.6 is 0 Å². The van der Waals surface area contributed by atoms with Gasteiger partial charge in [-0.15, -0.1) is 0 Å². The summed E-state index contributed by atoms with van der Waals surface area (Å²) in [4.78, 5) is 11.9. The van der Waals surface area contributed by atoms with Crippen molar-refractivity contribution in [3.05, 3.63) is 65.0 Å². The van der Waals surface area contributed by atoms with Crippen molar-refractivity contribution in [3.8, 4) is 5.75 Å². The van der Waals surface area contributed by atoms with Crippen molar-refractivity contribution in [2.45, 2.75) is 13.8 Å². The van der Waals surface area contributed by atoms with Crippen LogP contribution in [-0.4, -0.2) is 12.4 Å². The van der Waals surface area contributed by atoms with E-state index in [1.54, 1.807) is 6.07 Å². The maximum Gasteiger partial charge on any atom is 0.200 e. The molecule has 3 heteroatoms. The summed E-state index contributed by atoms with van der Waals surface area (Å²) >= 11 is 0. The van der Waals surface area contributed by atoms with E-state index in [1.165, 1.54) is 18.2 Å². The van der Waals surface area contributed by atoms with E-state index in [9.17, 15) is 9.18 Å². The van der Waals surface area contributed by atoms with Crippen molar-refractivity contribution in [1.82, 2.24) is 0 Å². The zero-order valence-electron chi connectivity index (χ0n) is 10.9. The third kappa shape index (κ3) is 3.19. The lowest BCUT2D eigenvalue weighted by atomic mass is 10.1. The summed E-state index contributed by atoms with van der Waals surface area (Å²) in [5, 5.41) is 0. The van der Waals surface area contributed by atoms with Gasteiger partial charge in [0.2, 0.25) is 0 Å². The fourth-order valence-electron chi connectivity index (χ4n) is 1.77. The molecular weight excluding hydrogens is 243 g/mol. The molecule has 0 aliphatic heterocycles. The van der Waals surface area contributed by atoms with E-state index in [2.05, 4.69) is 0 Å². The Labute approximate surface area is 111 Å². The van der Waals surface area contributed by atoms with Gasteiger partial charge in [0.1, 0.15) is 11.6 Å². The van der Waals surface area contributed by atoms with E-state index < -0.39 is 5.82 Å². The van der Waals surface area contributed by atoms with E-state index in [0.29, 0.717) is 11.3 Å². The fourth-order valence-corrected chi connectivity index (χ4v) is 1.77. The topological polar surface area (TPSA) is 26.3 Å². The van der Waals surface area contributed by atoms with Gasteiger partial charge in [0.05, 0.1) is 0 Å².